The van der Waals surface area contributed by atoms with Gasteiger partial charge in [0.05, 0.1) is 11.4 Å². The van der Waals surface area contributed by atoms with Gasteiger partial charge in [0.15, 0.2) is 0 Å². The molecular weight excluding hydrogens is 242 g/mol. The van der Waals surface area contributed by atoms with Crippen molar-refractivity contribution in [2.75, 3.05) is 0 Å². The predicted molar refractivity (Wildman–Crippen MR) is 60.6 cm³/mol. The zero-order valence-corrected chi connectivity index (χ0v) is 10.1. The SMILES string of the molecule is CC(C(=O)O)C(C)c1nc(-c2cscn2)no1. The molecule has 0 aliphatic carbocycles. The number of nitrogens with zero attached hydrogens (tertiary/aromatic N) is 3. The molecule has 90 valence electrons. The fraction of sp³-hybridized carbons (Fsp3) is 0.400. The van der Waals surface area contributed by atoms with Crippen LogP contribution >= 0.6 is 11.3 Å². The summed E-state index contributed by atoms with van der Waals surface area (Å²) < 4.78 is 5.06. The molecule has 2 unspecified atom stereocenters. The minimum absolute atomic E-state index is 0.322. The summed E-state index contributed by atoms with van der Waals surface area (Å²) in [7, 11) is 0. The second-order valence-corrected chi connectivity index (χ2v) is 4.46. The van der Waals surface area contributed by atoms with Crippen LogP contribution in [0.4, 0.5) is 0 Å². The van der Waals surface area contributed by atoms with E-state index in [-0.39, 0.29) is 5.92 Å². The van der Waals surface area contributed by atoms with E-state index in [1.807, 2.05) is 0 Å². The number of carboxylic acid groups (broad SMARTS) is 1. The predicted octanol–water partition coefficient (Wildman–Crippen LogP) is 2.02. The van der Waals surface area contributed by atoms with E-state index in [4.69, 9.17) is 9.63 Å². The fourth-order valence-electron chi connectivity index (χ4n) is 1.27. The lowest BCUT2D eigenvalue weighted by atomic mass is 9.96. The summed E-state index contributed by atoms with van der Waals surface area (Å²) in [6.45, 7) is 3.36. The minimum atomic E-state index is -0.883. The van der Waals surface area contributed by atoms with Crippen LogP contribution in [-0.2, 0) is 4.79 Å². The third kappa shape index (κ3) is 2.33. The van der Waals surface area contributed by atoms with E-state index in [1.54, 1.807) is 24.7 Å². The largest absolute Gasteiger partial charge is 0.481 e. The van der Waals surface area contributed by atoms with Crippen LogP contribution in [0.25, 0.3) is 11.5 Å². The van der Waals surface area contributed by atoms with Gasteiger partial charge in [-0.3, -0.25) is 4.79 Å². The maximum absolute atomic E-state index is 10.8. The summed E-state index contributed by atoms with van der Waals surface area (Å²) in [5, 5.41) is 14.5. The number of hydrogen-bond acceptors (Lipinski definition) is 6. The second-order valence-electron chi connectivity index (χ2n) is 3.75. The van der Waals surface area contributed by atoms with Crippen molar-refractivity contribution >= 4 is 17.3 Å². The molecule has 0 saturated heterocycles. The molecule has 2 atom stereocenters. The van der Waals surface area contributed by atoms with Crippen LogP contribution in [0.3, 0.4) is 0 Å². The number of rotatable bonds is 4. The van der Waals surface area contributed by atoms with Gasteiger partial charge >= 0.3 is 5.97 Å². The lowest BCUT2D eigenvalue weighted by Gasteiger charge is -2.10. The van der Waals surface area contributed by atoms with Crippen LogP contribution < -0.4 is 0 Å². The highest BCUT2D eigenvalue weighted by Gasteiger charge is 2.26. The van der Waals surface area contributed by atoms with Gasteiger partial charge in [-0.2, -0.15) is 4.98 Å². The van der Waals surface area contributed by atoms with Crippen molar-refractivity contribution in [3.63, 3.8) is 0 Å². The molecule has 0 radical (unpaired) electrons. The lowest BCUT2D eigenvalue weighted by Crippen LogP contribution is -2.16. The molecule has 0 saturated carbocycles. The first-order chi connectivity index (χ1) is 8.09. The van der Waals surface area contributed by atoms with E-state index < -0.39 is 11.9 Å². The van der Waals surface area contributed by atoms with Gasteiger partial charge in [-0.15, -0.1) is 11.3 Å². The fourth-order valence-corrected chi connectivity index (χ4v) is 1.81. The third-order valence-corrected chi connectivity index (χ3v) is 3.22. The average Bonchev–Trinajstić information content (AvgIpc) is 2.96. The third-order valence-electron chi connectivity index (χ3n) is 2.63. The normalized spacial score (nSPS) is 14.5. The highest BCUT2D eigenvalue weighted by atomic mass is 32.1. The summed E-state index contributed by atoms with van der Waals surface area (Å²) in [5.41, 5.74) is 2.31. The molecule has 1 N–H and O–H groups in total. The summed E-state index contributed by atoms with van der Waals surface area (Å²) >= 11 is 1.44. The average molecular weight is 253 g/mol. The van der Waals surface area contributed by atoms with Gasteiger partial charge in [-0.05, 0) is 0 Å². The quantitative estimate of drug-likeness (QED) is 0.896. The Kier molecular flexibility index (Phi) is 3.19. The van der Waals surface area contributed by atoms with Gasteiger partial charge in [0.2, 0.25) is 11.7 Å². The Morgan fingerprint density at radius 3 is 2.88 bits per heavy atom. The number of carboxylic acids is 1. The molecule has 0 fully saturated rings. The molecule has 2 aromatic heterocycles. The Labute approximate surface area is 101 Å². The number of aliphatic carboxylic acids is 1. The van der Waals surface area contributed by atoms with Crippen molar-refractivity contribution in [3.8, 4) is 11.5 Å². The van der Waals surface area contributed by atoms with Gasteiger partial charge in [0.25, 0.3) is 0 Å². The first-order valence-corrected chi connectivity index (χ1v) is 5.99. The van der Waals surface area contributed by atoms with Crippen molar-refractivity contribution in [1.82, 2.24) is 15.1 Å². The van der Waals surface area contributed by atoms with E-state index in [0.717, 1.165) is 0 Å². The van der Waals surface area contributed by atoms with Gasteiger partial charge in [0.1, 0.15) is 5.69 Å². The van der Waals surface area contributed by atoms with E-state index in [2.05, 4.69) is 15.1 Å². The van der Waals surface area contributed by atoms with Crippen molar-refractivity contribution in [3.05, 3.63) is 16.8 Å². The van der Waals surface area contributed by atoms with E-state index in [1.165, 1.54) is 11.3 Å². The van der Waals surface area contributed by atoms with Crippen LogP contribution in [0, 0.1) is 5.92 Å². The molecule has 0 amide bonds. The molecule has 0 aromatic carbocycles. The lowest BCUT2D eigenvalue weighted by molar-refractivity contribution is -0.141. The summed E-state index contributed by atoms with van der Waals surface area (Å²) in [4.78, 5) is 19.1. The zero-order valence-electron chi connectivity index (χ0n) is 9.32. The number of hydrogen-bond donors (Lipinski definition) is 1. The standard InChI is InChI=1S/C10H11N3O3S/c1-5(6(2)10(14)15)9-12-8(13-16-9)7-3-17-4-11-7/h3-6H,1-2H3,(H,14,15). The molecule has 6 nitrogen and oxygen atoms in total. The van der Waals surface area contributed by atoms with Crippen molar-refractivity contribution < 1.29 is 14.4 Å². The van der Waals surface area contributed by atoms with Crippen molar-refractivity contribution in [2.45, 2.75) is 19.8 Å². The molecule has 0 spiro atoms. The topological polar surface area (TPSA) is 89.1 Å². The van der Waals surface area contributed by atoms with E-state index in [0.29, 0.717) is 17.4 Å². The smallest absolute Gasteiger partial charge is 0.307 e. The summed E-state index contributed by atoms with van der Waals surface area (Å²) in [5.74, 6) is -1.06. The summed E-state index contributed by atoms with van der Waals surface area (Å²) in [6.07, 6.45) is 0. The molecule has 2 aromatic rings. The van der Waals surface area contributed by atoms with Crippen molar-refractivity contribution in [1.29, 1.82) is 0 Å². The monoisotopic (exact) mass is 253 g/mol. The Morgan fingerprint density at radius 2 is 2.29 bits per heavy atom. The molecular formula is C10H11N3O3S. The Balaban J connectivity index is 2.21. The Hall–Kier alpha value is -1.76. The minimum Gasteiger partial charge on any atom is -0.481 e. The number of carbonyl (C=O) groups is 1. The molecule has 0 aliphatic heterocycles. The zero-order chi connectivity index (χ0) is 12.4. The molecule has 0 aliphatic rings. The molecule has 2 rings (SSSR count). The van der Waals surface area contributed by atoms with Gasteiger partial charge in [-0.1, -0.05) is 19.0 Å². The van der Waals surface area contributed by atoms with Crippen LogP contribution in [0.1, 0.15) is 25.7 Å². The number of aromatic nitrogens is 3. The molecule has 7 heteroatoms. The highest BCUT2D eigenvalue weighted by Crippen LogP contribution is 2.25. The first kappa shape index (κ1) is 11.7. The Morgan fingerprint density at radius 1 is 1.53 bits per heavy atom. The van der Waals surface area contributed by atoms with Gasteiger partial charge in [0, 0.05) is 11.3 Å². The molecule has 0 bridgehead atoms. The van der Waals surface area contributed by atoms with Gasteiger partial charge in [-0.25, -0.2) is 4.98 Å². The van der Waals surface area contributed by atoms with Crippen LogP contribution in [0.2, 0.25) is 0 Å². The van der Waals surface area contributed by atoms with Crippen LogP contribution in [-0.4, -0.2) is 26.2 Å². The Bertz CT molecular complexity index is 509. The second kappa shape index (κ2) is 4.62. The summed E-state index contributed by atoms with van der Waals surface area (Å²) in [6, 6.07) is 0. The molecule has 2 heterocycles. The molecule has 17 heavy (non-hydrogen) atoms. The first-order valence-electron chi connectivity index (χ1n) is 5.04. The maximum Gasteiger partial charge on any atom is 0.307 e. The number of thiazole rings is 1. The highest BCUT2D eigenvalue weighted by molar-refractivity contribution is 7.07. The van der Waals surface area contributed by atoms with Crippen LogP contribution in [0.5, 0.6) is 0 Å². The maximum atomic E-state index is 10.8. The van der Waals surface area contributed by atoms with Crippen molar-refractivity contribution in [2.24, 2.45) is 5.92 Å². The van der Waals surface area contributed by atoms with E-state index in [9.17, 15) is 4.79 Å². The van der Waals surface area contributed by atoms with E-state index >= 15 is 0 Å². The van der Waals surface area contributed by atoms with Crippen LogP contribution in [0.15, 0.2) is 15.4 Å². The van der Waals surface area contributed by atoms with Gasteiger partial charge < -0.3 is 9.63 Å².